The topological polar surface area (TPSA) is 40.2 Å². The zero-order valence-corrected chi connectivity index (χ0v) is 11.8. The number of rotatable bonds is 3. The Morgan fingerprint density at radius 1 is 1.41 bits per heavy atom. The van der Waals surface area contributed by atoms with Crippen LogP contribution in [-0.4, -0.2) is 65.5 Å². The lowest BCUT2D eigenvalue weighted by atomic mass is 10.3. The van der Waals surface area contributed by atoms with Crippen molar-refractivity contribution in [1.82, 2.24) is 4.90 Å². The fraction of sp³-hybridized carbons (Fsp3) is 1.00. The quantitative estimate of drug-likeness (QED) is 0.698. The highest BCUT2D eigenvalue weighted by Gasteiger charge is 2.47. The standard InChI is InChI=1S/C11H23NO4Si/c1-3-12-6-5-7-15-17(14-4-2)10-13-9-11(8-12)16-17/h11H,3-10H2,1-2H3. The molecule has 2 unspecified atom stereocenters. The molecule has 5 nitrogen and oxygen atoms in total. The Balaban J connectivity index is 2.04. The molecule has 0 spiro atoms. The van der Waals surface area contributed by atoms with Crippen molar-refractivity contribution >= 4 is 8.80 Å². The van der Waals surface area contributed by atoms with Gasteiger partial charge in [0.1, 0.15) is 6.23 Å². The van der Waals surface area contributed by atoms with E-state index in [1.54, 1.807) is 0 Å². The number of nitrogens with zero attached hydrogens (tertiary/aromatic N) is 1. The van der Waals surface area contributed by atoms with E-state index in [1.165, 1.54) is 0 Å². The SMILES string of the molecule is CCO[Si]12COCC(CN(CC)CCCO1)O2. The van der Waals surface area contributed by atoms with Crippen LogP contribution >= 0.6 is 0 Å². The van der Waals surface area contributed by atoms with E-state index >= 15 is 0 Å². The number of fused-ring (bicyclic) bond motifs is 2. The maximum atomic E-state index is 6.10. The Labute approximate surface area is 104 Å². The molecule has 2 aliphatic heterocycles. The van der Waals surface area contributed by atoms with Crippen LogP contribution in [0, 0.1) is 0 Å². The van der Waals surface area contributed by atoms with Gasteiger partial charge in [-0.25, -0.2) is 0 Å². The van der Waals surface area contributed by atoms with E-state index in [-0.39, 0.29) is 6.10 Å². The van der Waals surface area contributed by atoms with Crippen LogP contribution in [-0.2, 0) is 18.0 Å². The Kier molecular flexibility index (Phi) is 4.95. The molecule has 0 radical (unpaired) electrons. The maximum Gasteiger partial charge on any atom is 0.528 e. The molecule has 0 aromatic carbocycles. The van der Waals surface area contributed by atoms with Crippen LogP contribution in [0.3, 0.4) is 0 Å². The molecule has 0 N–H and O–H groups in total. The molecule has 0 aromatic rings. The molecule has 0 aliphatic carbocycles. The summed E-state index contributed by atoms with van der Waals surface area (Å²) >= 11 is 0. The molecule has 2 saturated heterocycles. The van der Waals surface area contributed by atoms with Crippen molar-refractivity contribution in [2.24, 2.45) is 0 Å². The first-order chi connectivity index (χ1) is 8.28. The summed E-state index contributed by atoms with van der Waals surface area (Å²) in [6.07, 6.45) is 1.63. The van der Waals surface area contributed by atoms with E-state index in [1.807, 2.05) is 6.92 Å². The zero-order chi connectivity index (χ0) is 12.1. The van der Waals surface area contributed by atoms with Gasteiger partial charge in [0, 0.05) is 26.3 Å². The Morgan fingerprint density at radius 3 is 3.06 bits per heavy atom. The van der Waals surface area contributed by atoms with Crippen molar-refractivity contribution in [2.45, 2.75) is 26.4 Å². The van der Waals surface area contributed by atoms with Crippen LogP contribution in [0.25, 0.3) is 0 Å². The third-order valence-corrected chi connectivity index (χ3v) is 5.77. The normalized spacial score (nSPS) is 36.0. The fourth-order valence-corrected chi connectivity index (χ4v) is 4.69. The highest BCUT2D eigenvalue weighted by molar-refractivity contribution is 6.60. The lowest BCUT2D eigenvalue weighted by Gasteiger charge is -2.37. The molecule has 6 heteroatoms. The smallest absolute Gasteiger partial charge is 0.374 e. The van der Waals surface area contributed by atoms with Crippen molar-refractivity contribution in [3.05, 3.63) is 0 Å². The van der Waals surface area contributed by atoms with E-state index in [0.717, 1.165) is 26.1 Å². The number of ether oxygens (including phenoxy) is 1. The lowest BCUT2D eigenvalue weighted by Crippen LogP contribution is -2.58. The largest absolute Gasteiger partial charge is 0.528 e. The highest BCUT2D eigenvalue weighted by Crippen LogP contribution is 2.21. The molecule has 0 aromatic heterocycles. The number of hydrogen-bond donors (Lipinski definition) is 0. The predicted molar refractivity (Wildman–Crippen MR) is 65.8 cm³/mol. The van der Waals surface area contributed by atoms with Crippen LogP contribution in [0.5, 0.6) is 0 Å². The summed E-state index contributed by atoms with van der Waals surface area (Å²) in [5.41, 5.74) is 0. The molecular weight excluding hydrogens is 238 g/mol. The summed E-state index contributed by atoms with van der Waals surface area (Å²) in [4.78, 5) is 2.39. The summed E-state index contributed by atoms with van der Waals surface area (Å²) in [6, 6.07) is 0. The van der Waals surface area contributed by atoms with Gasteiger partial charge in [-0.15, -0.1) is 0 Å². The zero-order valence-electron chi connectivity index (χ0n) is 10.8. The Bertz CT molecular complexity index is 240. The molecule has 2 rings (SSSR count). The second-order valence-corrected chi connectivity index (χ2v) is 6.93. The van der Waals surface area contributed by atoms with Gasteiger partial charge in [-0.1, -0.05) is 6.92 Å². The lowest BCUT2D eigenvalue weighted by molar-refractivity contribution is -0.0672. The summed E-state index contributed by atoms with van der Waals surface area (Å²) < 4.78 is 23.4. The summed E-state index contributed by atoms with van der Waals surface area (Å²) in [6.45, 7) is 9.16. The van der Waals surface area contributed by atoms with Crippen molar-refractivity contribution in [2.75, 3.05) is 45.7 Å². The van der Waals surface area contributed by atoms with Crippen molar-refractivity contribution in [3.63, 3.8) is 0 Å². The molecule has 100 valence electrons. The fourth-order valence-electron chi connectivity index (χ4n) is 2.32. The Hall–Kier alpha value is 0.0169. The molecule has 2 bridgehead atoms. The van der Waals surface area contributed by atoms with Gasteiger partial charge in [0.05, 0.1) is 12.7 Å². The highest BCUT2D eigenvalue weighted by atomic mass is 28.4. The first kappa shape index (κ1) is 13.4. The average Bonchev–Trinajstić information content (AvgIpc) is 2.38. The van der Waals surface area contributed by atoms with Gasteiger partial charge < -0.3 is 22.9 Å². The van der Waals surface area contributed by atoms with Gasteiger partial charge in [0.15, 0.2) is 0 Å². The number of likely N-dealkylation sites (N-methyl/N-ethyl adjacent to an activating group) is 1. The van der Waals surface area contributed by atoms with Crippen LogP contribution in [0.4, 0.5) is 0 Å². The van der Waals surface area contributed by atoms with Crippen LogP contribution in [0.15, 0.2) is 0 Å². The first-order valence-electron chi connectivity index (χ1n) is 6.54. The summed E-state index contributed by atoms with van der Waals surface area (Å²) in [5, 5.41) is 0. The molecule has 2 aliphatic rings. The van der Waals surface area contributed by atoms with E-state index in [9.17, 15) is 0 Å². The van der Waals surface area contributed by atoms with Gasteiger partial charge >= 0.3 is 8.80 Å². The molecule has 2 heterocycles. The summed E-state index contributed by atoms with van der Waals surface area (Å²) in [7, 11) is -2.54. The molecule has 0 saturated carbocycles. The molecule has 0 amide bonds. The van der Waals surface area contributed by atoms with E-state index in [2.05, 4.69) is 11.8 Å². The van der Waals surface area contributed by atoms with Gasteiger partial charge in [-0.2, -0.15) is 0 Å². The van der Waals surface area contributed by atoms with Gasteiger partial charge in [-0.05, 0) is 19.9 Å². The Morgan fingerprint density at radius 2 is 2.29 bits per heavy atom. The molecule has 2 fully saturated rings. The van der Waals surface area contributed by atoms with Crippen molar-refractivity contribution < 1.29 is 18.0 Å². The number of hydrogen-bond acceptors (Lipinski definition) is 5. The second kappa shape index (κ2) is 6.26. The van der Waals surface area contributed by atoms with Gasteiger partial charge in [0.25, 0.3) is 0 Å². The van der Waals surface area contributed by atoms with Gasteiger partial charge in [-0.3, -0.25) is 0 Å². The monoisotopic (exact) mass is 261 g/mol. The van der Waals surface area contributed by atoms with Gasteiger partial charge in [0.2, 0.25) is 0 Å². The second-order valence-electron chi connectivity index (χ2n) is 4.47. The third kappa shape index (κ3) is 3.49. The van der Waals surface area contributed by atoms with Crippen LogP contribution in [0.1, 0.15) is 20.3 Å². The van der Waals surface area contributed by atoms with E-state index in [0.29, 0.717) is 26.1 Å². The minimum atomic E-state index is -2.54. The predicted octanol–water partition coefficient (Wildman–Crippen LogP) is 0.659. The minimum absolute atomic E-state index is 0.0972. The van der Waals surface area contributed by atoms with Crippen molar-refractivity contribution in [1.29, 1.82) is 0 Å². The van der Waals surface area contributed by atoms with E-state index in [4.69, 9.17) is 18.0 Å². The van der Waals surface area contributed by atoms with Crippen molar-refractivity contribution in [3.8, 4) is 0 Å². The summed E-state index contributed by atoms with van der Waals surface area (Å²) in [5.74, 6) is 0. The van der Waals surface area contributed by atoms with Crippen LogP contribution < -0.4 is 0 Å². The third-order valence-electron chi connectivity index (χ3n) is 3.14. The molecule has 2 atom stereocenters. The first-order valence-corrected chi connectivity index (χ1v) is 8.47. The molecule has 17 heavy (non-hydrogen) atoms. The maximum absolute atomic E-state index is 6.10. The molecular formula is C11H23NO4Si. The minimum Gasteiger partial charge on any atom is -0.374 e. The van der Waals surface area contributed by atoms with Crippen LogP contribution in [0.2, 0.25) is 0 Å². The average molecular weight is 261 g/mol. The van der Waals surface area contributed by atoms with E-state index < -0.39 is 8.80 Å².